The number of hydrogen-bond donors (Lipinski definition) is 2. The molecule has 0 spiro atoms. The van der Waals surface area contributed by atoms with Crippen molar-refractivity contribution < 1.29 is 43.6 Å². The third-order valence-electron chi connectivity index (χ3n) is 12.9. The molecule has 2 aromatic carbocycles. The van der Waals surface area contributed by atoms with Gasteiger partial charge in [-0.1, -0.05) is 62.8 Å². The molecule has 0 aromatic heterocycles. The highest BCUT2D eigenvalue weighted by Gasteiger charge is 2.65. The van der Waals surface area contributed by atoms with Gasteiger partial charge >= 0.3 is 0 Å². The summed E-state index contributed by atoms with van der Waals surface area (Å²) < 4.78 is 26.3. The van der Waals surface area contributed by atoms with Crippen LogP contribution in [-0.4, -0.2) is 84.9 Å². The Morgan fingerprint density at radius 3 is 2.46 bits per heavy atom. The molecule has 11 nitrogen and oxygen atoms in total. The lowest BCUT2D eigenvalue weighted by molar-refractivity contribution is -0.257. The van der Waals surface area contributed by atoms with Gasteiger partial charge in [-0.15, -0.1) is 6.58 Å². The van der Waals surface area contributed by atoms with Gasteiger partial charge in [0.05, 0.1) is 30.9 Å². The topological polar surface area (TPSA) is 136 Å². The zero-order valence-corrected chi connectivity index (χ0v) is 35.4. The molecule has 1 aliphatic heterocycles. The van der Waals surface area contributed by atoms with Crippen LogP contribution in [-0.2, 0) is 14.4 Å². The van der Waals surface area contributed by atoms with E-state index < -0.39 is 11.8 Å². The van der Waals surface area contributed by atoms with Crippen LogP contribution in [0.1, 0.15) is 126 Å². The molecule has 0 saturated heterocycles. The number of unbranched alkanes of at least 4 members (excludes halogenated alkanes) is 2. The van der Waals surface area contributed by atoms with Gasteiger partial charge < -0.3 is 38.9 Å². The van der Waals surface area contributed by atoms with Crippen molar-refractivity contribution in [2.75, 3.05) is 40.1 Å². The molecule has 6 rings (SSSR count). The monoisotopic (exact) mass is 814 g/mol. The molecule has 2 aromatic rings. The summed E-state index contributed by atoms with van der Waals surface area (Å²) in [4.78, 5) is 34.5. The molecular formula is C48H66N2O9. The normalized spacial score (nSPS) is 25.3. The van der Waals surface area contributed by atoms with E-state index in [4.69, 9.17) is 28.9 Å². The van der Waals surface area contributed by atoms with Crippen molar-refractivity contribution in [3.8, 4) is 23.0 Å². The van der Waals surface area contributed by atoms with Crippen LogP contribution in [0, 0.1) is 23.7 Å². The minimum Gasteiger partial charge on any atom is -0.496 e. The van der Waals surface area contributed by atoms with Crippen LogP contribution in [0.3, 0.4) is 0 Å². The number of carbonyl (C=O) groups is 2. The molecule has 6 atom stereocenters. The lowest BCUT2D eigenvalue weighted by atomic mass is 9.55. The van der Waals surface area contributed by atoms with E-state index in [0.717, 1.165) is 61.7 Å². The maximum absolute atomic E-state index is 14.7. The number of carbonyl (C=O) groups excluding carboxylic acids is 2. The fourth-order valence-electron chi connectivity index (χ4n) is 10.3. The highest BCUT2D eigenvalue weighted by molar-refractivity contribution is 6.03. The Morgan fingerprint density at radius 2 is 1.76 bits per heavy atom. The van der Waals surface area contributed by atoms with Crippen molar-refractivity contribution >= 4 is 17.9 Å². The zero-order valence-electron chi connectivity index (χ0n) is 35.4. The highest BCUT2D eigenvalue weighted by atomic mass is 16.7. The Kier molecular flexibility index (Phi) is 16.1. The predicted molar refractivity (Wildman–Crippen MR) is 228 cm³/mol. The molecule has 4 aliphatic rings. The van der Waals surface area contributed by atoms with Crippen LogP contribution in [0.4, 0.5) is 0 Å². The van der Waals surface area contributed by atoms with Crippen LogP contribution in [0.2, 0.25) is 0 Å². The van der Waals surface area contributed by atoms with Crippen molar-refractivity contribution in [1.29, 1.82) is 0 Å². The second-order valence-electron chi connectivity index (χ2n) is 16.6. The largest absolute Gasteiger partial charge is 0.496 e. The molecule has 0 bridgehead atoms. The van der Waals surface area contributed by atoms with E-state index in [1.165, 1.54) is 32.8 Å². The third-order valence-corrected chi connectivity index (χ3v) is 12.9. The Balaban J connectivity index is 1.54. The standard InChI is InChI=1S/C48H66N2O9/c1-5-24-50(45(54)23-18-33-14-8-9-15-33)44-31-41(49-57-7-3)39-29-34(16-10-12-25-51)38(17-11-13-26-52)46-40-30-37(58-36-19-21-42(55-4)35(28-36)32-53)20-22-43(40)59-48(44,47(39)46)56-27-6-2/h6,19-22,28-30,32-34,38,44,46-47,51-52H,2,5,7-18,23-27,31H2,1,3-4H3/t34-,38+,44-,46+,47+,48+/m0/s1. The Morgan fingerprint density at radius 1 is 1.02 bits per heavy atom. The Hall–Kier alpha value is -4.19. The minimum absolute atomic E-state index is 0.0889. The van der Waals surface area contributed by atoms with Crippen LogP contribution < -0.4 is 14.2 Å². The van der Waals surface area contributed by atoms with Gasteiger partial charge in [0.1, 0.15) is 35.6 Å². The lowest BCUT2D eigenvalue weighted by Gasteiger charge is -2.60. The Labute approximate surface area is 350 Å². The number of allylic oxidation sites excluding steroid dienone is 1. The van der Waals surface area contributed by atoms with Gasteiger partial charge in [0.15, 0.2) is 6.29 Å². The fraction of sp³-hybridized carbons (Fsp3) is 0.604. The van der Waals surface area contributed by atoms with E-state index in [9.17, 15) is 19.8 Å². The van der Waals surface area contributed by atoms with E-state index in [1.807, 2.05) is 24.0 Å². The number of nitrogens with zero attached hydrogens (tertiary/aromatic N) is 2. The first-order chi connectivity index (χ1) is 28.9. The van der Waals surface area contributed by atoms with E-state index in [1.54, 1.807) is 24.3 Å². The van der Waals surface area contributed by atoms with Gasteiger partial charge in [0.25, 0.3) is 0 Å². The molecule has 322 valence electrons. The number of fused-ring (bicyclic) bond motifs is 2. The lowest BCUT2D eigenvalue weighted by Crippen LogP contribution is -2.70. The number of oxime groups is 1. The first kappa shape index (κ1) is 44.4. The second kappa shape index (κ2) is 21.4. The molecule has 11 heteroatoms. The SMILES string of the molecule is C=CCO[C@@]12Oc3ccc(Oc4ccc(OC)c(C=O)c4)cc3[C@H]3[C@H](CCCCO)[C@@H](CCCCO)C=C(C(=NOCC)C[C@@H]1N(CCC)C(=O)CCC1CCCC1)[C@H]32. The van der Waals surface area contributed by atoms with Crippen LogP contribution in [0.25, 0.3) is 0 Å². The predicted octanol–water partition coefficient (Wildman–Crippen LogP) is 9.16. The average Bonchev–Trinajstić information content (AvgIpc) is 3.78. The van der Waals surface area contributed by atoms with Gasteiger partial charge in [0.2, 0.25) is 11.7 Å². The number of aldehydes is 1. The number of rotatable bonds is 23. The van der Waals surface area contributed by atoms with Gasteiger partial charge in [0, 0.05) is 44.1 Å². The van der Waals surface area contributed by atoms with Crippen LogP contribution in [0.5, 0.6) is 23.0 Å². The molecule has 2 fully saturated rings. The minimum atomic E-state index is -1.29. The summed E-state index contributed by atoms with van der Waals surface area (Å²) in [6.07, 6.45) is 16.9. The summed E-state index contributed by atoms with van der Waals surface area (Å²) in [7, 11) is 1.53. The molecular weight excluding hydrogens is 749 g/mol. The molecule has 1 heterocycles. The summed E-state index contributed by atoms with van der Waals surface area (Å²) >= 11 is 0. The quantitative estimate of drug-likeness (QED) is 0.0487. The van der Waals surface area contributed by atoms with Crippen molar-refractivity contribution in [3.63, 3.8) is 0 Å². The molecule has 1 amide bonds. The molecule has 2 N–H and O–H groups in total. The van der Waals surface area contributed by atoms with Gasteiger partial charge in [-0.25, -0.2) is 0 Å². The van der Waals surface area contributed by atoms with Gasteiger partial charge in [-0.3, -0.25) is 9.59 Å². The summed E-state index contributed by atoms with van der Waals surface area (Å²) in [5.41, 5.74) is 3.16. The van der Waals surface area contributed by atoms with E-state index in [0.29, 0.717) is 73.3 Å². The molecule has 3 aliphatic carbocycles. The van der Waals surface area contributed by atoms with Gasteiger partial charge in [-0.2, -0.15) is 0 Å². The number of aliphatic hydroxyl groups is 2. The number of hydrogen-bond acceptors (Lipinski definition) is 10. The maximum atomic E-state index is 14.7. The number of aliphatic hydroxyl groups excluding tert-OH is 2. The number of benzene rings is 2. The van der Waals surface area contributed by atoms with Gasteiger partial charge in [-0.05, 0) is 105 Å². The summed E-state index contributed by atoms with van der Waals surface area (Å²) in [5.74, 6) is 1.25. The highest BCUT2D eigenvalue weighted by Crippen LogP contribution is 2.62. The first-order valence-corrected chi connectivity index (χ1v) is 22.2. The van der Waals surface area contributed by atoms with Crippen molar-refractivity contribution in [2.24, 2.45) is 28.8 Å². The maximum Gasteiger partial charge on any atom is 0.239 e. The van der Waals surface area contributed by atoms with Crippen molar-refractivity contribution in [1.82, 2.24) is 4.90 Å². The summed E-state index contributed by atoms with van der Waals surface area (Å²) in [5, 5.41) is 24.6. The van der Waals surface area contributed by atoms with E-state index >= 15 is 0 Å². The van der Waals surface area contributed by atoms with E-state index in [-0.39, 0.29) is 49.4 Å². The number of methoxy groups -OCH3 is 1. The van der Waals surface area contributed by atoms with Crippen LogP contribution >= 0.6 is 0 Å². The smallest absolute Gasteiger partial charge is 0.239 e. The van der Waals surface area contributed by atoms with Crippen molar-refractivity contribution in [2.45, 2.75) is 121 Å². The second-order valence-corrected chi connectivity index (χ2v) is 16.6. The summed E-state index contributed by atoms with van der Waals surface area (Å²) in [6.45, 7) is 9.46. The molecule has 0 radical (unpaired) electrons. The van der Waals surface area contributed by atoms with E-state index in [2.05, 4.69) is 25.6 Å². The Bertz CT molecular complexity index is 1790. The van der Waals surface area contributed by atoms with Crippen LogP contribution in [0.15, 0.2) is 65.9 Å². The zero-order chi connectivity index (χ0) is 41.8. The molecule has 0 unspecified atom stereocenters. The van der Waals surface area contributed by atoms with Crippen molar-refractivity contribution in [3.05, 3.63) is 71.8 Å². The molecule has 59 heavy (non-hydrogen) atoms. The number of ether oxygens (including phenoxy) is 4. The average molecular weight is 815 g/mol. The summed E-state index contributed by atoms with van der Waals surface area (Å²) in [6, 6.07) is 10.5. The molecule has 2 saturated carbocycles. The first-order valence-electron chi connectivity index (χ1n) is 22.2. The number of amides is 1. The third kappa shape index (κ3) is 9.90. The fourth-order valence-corrected chi connectivity index (χ4v) is 10.3.